The molecule has 1 nitrogen and oxygen atoms in total. The lowest BCUT2D eigenvalue weighted by molar-refractivity contribution is 0.115. The summed E-state index contributed by atoms with van der Waals surface area (Å²) in [6, 6.07) is -0.326. The second-order valence-corrected chi connectivity index (χ2v) is 9.96. The average Bonchev–Trinajstić information content (AvgIpc) is 2.61. The van der Waals surface area contributed by atoms with E-state index < -0.39 is 12.3 Å². The molecule has 2 heterocycles. The maximum Gasteiger partial charge on any atom is 0.149 e. The third-order valence-electron chi connectivity index (χ3n) is 4.23. The summed E-state index contributed by atoms with van der Waals surface area (Å²) in [5, 5.41) is 0. The van der Waals surface area contributed by atoms with Crippen LogP contribution in [0, 0.1) is 0 Å². The van der Waals surface area contributed by atoms with Crippen LogP contribution in [0.2, 0.25) is 0 Å². The van der Waals surface area contributed by atoms with Crippen LogP contribution in [0.5, 0.6) is 0 Å². The Bertz CT molecular complexity index is 323. The molecule has 2 fully saturated rings. The molecule has 0 aromatic rings. The van der Waals surface area contributed by atoms with E-state index in [-0.39, 0.29) is 22.2 Å². The summed E-state index contributed by atoms with van der Waals surface area (Å²) in [6.45, 7) is 8.59. The van der Waals surface area contributed by atoms with Gasteiger partial charge >= 0.3 is 0 Å². The van der Waals surface area contributed by atoms with E-state index in [9.17, 15) is 8.78 Å². The number of halogens is 2. The monoisotopic (exact) mass is 309 g/mol. The summed E-state index contributed by atoms with van der Waals surface area (Å²) in [6.07, 6.45) is -0.347. The van der Waals surface area contributed by atoms with Gasteiger partial charge in [-0.3, -0.25) is 4.90 Å². The van der Waals surface area contributed by atoms with E-state index in [0.717, 1.165) is 11.5 Å². The highest BCUT2D eigenvalue weighted by Crippen LogP contribution is 2.46. The van der Waals surface area contributed by atoms with Crippen molar-refractivity contribution >= 4 is 23.5 Å². The predicted molar refractivity (Wildman–Crippen MR) is 82.6 cm³/mol. The number of thioether (sulfide) groups is 2. The summed E-state index contributed by atoms with van der Waals surface area (Å²) in [5.74, 6) is 2.12. The highest BCUT2D eigenvalue weighted by atomic mass is 32.2. The molecule has 2 aliphatic rings. The van der Waals surface area contributed by atoms with Gasteiger partial charge in [-0.1, -0.05) is 0 Å². The summed E-state index contributed by atoms with van der Waals surface area (Å²) < 4.78 is 28.1. The number of alkyl halides is 2. The second-order valence-electron chi connectivity index (χ2n) is 6.51. The van der Waals surface area contributed by atoms with Crippen LogP contribution in [0.15, 0.2) is 0 Å². The molecule has 0 aromatic carbocycles. The Morgan fingerprint density at radius 3 is 2.21 bits per heavy atom. The smallest absolute Gasteiger partial charge is 0.149 e. The minimum atomic E-state index is -1.36. The molecule has 0 radical (unpaired) electrons. The van der Waals surface area contributed by atoms with Crippen LogP contribution in [0.1, 0.15) is 40.5 Å². The minimum Gasteiger partial charge on any atom is -0.279 e. The zero-order chi connectivity index (χ0) is 14.3. The third kappa shape index (κ3) is 3.24. The van der Waals surface area contributed by atoms with E-state index in [2.05, 4.69) is 32.6 Å². The molecular weight excluding hydrogens is 284 g/mol. The van der Waals surface area contributed by atoms with Crippen molar-refractivity contribution in [3.63, 3.8) is 0 Å². The van der Waals surface area contributed by atoms with Crippen molar-refractivity contribution < 1.29 is 8.78 Å². The Morgan fingerprint density at radius 1 is 1.00 bits per heavy atom. The minimum absolute atomic E-state index is 0.189. The van der Waals surface area contributed by atoms with E-state index in [4.69, 9.17) is 0 Å². The predicted octanol–water partition coefficient (Wildman–Crippen LogP) is 4.12. The van der Waals surface area contributed by atoms with Gasteiger partial charge in [0.25, 0.3) is 0 Å². The number of hydrogen-bond acceptors (Lipinski definition) is 3. The van der Waals surface area contributed by atoms with E-state index in [1.807, 2.05) is 11.8 Å². The lowest BCUT2D eigenvalue weighted by atomic mass is 9.98. The number of nitrogens with zero attached hydrogens (tertiary/aromatic N) is 1. The number of rotatable bonds is 0. The zero-order valence-electron chi connectivity index (χ0n) is 12.3. The van der Waals surface area contributed by atoms with Crippen molar-refractivity contribution in [2.45, 2.75) is 68.5 Å². The highest BCUT2D eigenvalue weighted by molar-refractivity contribution is 8.01. The Hall–Kier alpha value is 0.520. The molecule has 3 atom stereocenters. The topological polar surface area (TPSA) is 3.24 Å². The van der Waals surface area contributed by atoms with Gasteiger partial charge in [0.05, 0.1) is 10.9 Å². The van der Waals surface area contributed by atoms with Crippen molar-refractivity contribution in [3.8, 4) is 0 Å². The molecule has 19 heavy (non-hydrogen) atoms. The normalized spacial score (nSPS) is 39.8. The average molecular weight is 309 g/mol. The molecule has 0 N–H and O–H groups in total. The van der Waals surface area contributed by atoms with Gasteiger partial charge in [-0.15, -0.1) is 11.8 Å². The fourth-order valence-electron chi connectivity index (χ4n) is 3.11. The number of hydrogen-bond donors (Lipinski definition) is 0. The largest absolute Gasteiger partial charge is 0.279 e. The summed E-state index contributed by atoms with van der Waals surface area (Å²) in [5.41, 5.74) is 0. The van der Waals surface area contributed by atoms with Crippen LogP contribution in [-0.2, 0) is 0 Å². The van der Waals surface area contributed by atoms with Gasteiger partial charge in [0, 0.05) is 11.3 Å². The van der Waals surface area contributed by atoms with Crippen molar-refractivity contribution in [2.75, 3.05) is 18.1 Å². The molecule has 0 amide bonds. The molecule has 0 aliphatic carbocycles. The maximum atomic E-state index is 14.4. The van der Waals surface area contributed by atoms with Crippen LogP contribution in [-0.4, -0.2) is 51.0 Å². The van der Waals surface area contributed by atoms with Crippen molar-refractivity contribution in [1.82, 2.24) is 4.90 Å². The van der Waals surface area contributed by atoms with Gasteiger partial charge < -0.3 is 0 Å². The van der Waals surface area contributed by atoms with Crippen LogP contribution >= 0.6 is 23.5 Å². The lowest BCUT2D eigenvalue weighted by Crippen LogP contribution is -2.55. The summed E-state index contributed by atoms with van der Waals surface area (Å²) in [7, 11) is 0. The molecule has 0 spiro atoms. The Kier molecular flexibility index (Phi) is 4.79. The van der Waals surface area contributed by atoms with Crippen LogP contribution in [0.25, 0.3) is 0 Å². The fraction of sp³-hybridized carbons (Fsp3) is 1.00. The molecule has 0 bridgehead atoms. The SMILES string of the molecule is CC1(C)SCCCCSC(C)(C)N2C[C@@H](F)[C@H](F)[C@H]21. The van der Waals surface area contributed by atoms with E-state index in [0.29, 0.717) is 0 Å². The van der Waals surface area contributed by atoms with Gasteiger partial charge in [0.1, 0.15) is 12.3 Å². The van der Waals surface area contributed by atoms with Crippen LogP contribution < -0.4 is 0 Å². The van der Waals surface area contributed by atoms with E-state index in [1.54, 1.807) is 11.8 Å². The number of fused-ring (bicyclic) bond motifs is 1. The molecule has 2 saturated heterocycles. The van der Waals surface area contributed by atoms with Gasteiger partial charge in [-0.25, -0.2) is 8.78 Å². The highest BCUT2D eigenvalue weighted by Gasteiger charge is 2.54. The van der Waals surface area contributed by atoms with E-state index in [1.165, 1.54) is 12.8 Å². The van der Waals surface area contributed by atoms with E-state index >= 15 is 0 Å². The molecule has 112 valence electrons. The Morgan fingerprint density at radius 2 is 1.58 bits per heavy atom. The second kappa shape index (κ2) is 5.72. The van der Waals surface area contributed by atoms with Gasteiger partial charge in [0.2, 0.25) is 0 Å². The first-order valence-electron chi connectivity index (χ1n) is 7.08. The molecular formula is C14H25F2NS2. The van der Waals surface area contributed by atoms with Crippen LogP contribution in [0.4, 0.5) is 8.78 Å². The summed E-state index contributed by atoms with van der Waals surface area (Å²) >= 11 is 3.64. The molecule has 0 unspecified atom stereocenters. The van der Waals surface area contributed by atoms with Crippen molar-refractivity contribution in [2.24, 2.45) is 0 Å². The van der Waals surface area contributed by atoms with Crippen molar-refractivity contribution in [1.29, 1.82) is 0 Å². The first-order valence-corrected chi connectivity index (χ1v) is 9.05. The van der Waals surface area contributed by atoms with Crippen LogP contribution in [0.3, 0.4) is 0 Å². The molecule has 0 saturated carbocycles. The van der Waals surface area contributed by atoms with Gasteiger partial charge in [-0.2, -0.15) is 11.8 Å². The van der Waals surface area contributed by atoms with Gasteiger partial charge in [0.15, 0.2) is 0 Å². The third-order valence-corrected chi connectivity index (χ3v) is 7.14. The molecule has 5 heteroatoms. The Balaban J connectivity index is 2.31. The Labute approximate surface area is 124 Å². The molecule has 2 rings (SSSR count). The fourth-order valence-corrected chi connectivity index (χ4v) is 5.62. The zero-order valence-corrected chi connectivity index (χ0v) is 13.9. The first kappa shape index (κ1) is 15.9. The maximum absolute atomic E-state index is 14.4. The lowest BCUT2D eigenvalue weighted by Gasteiger charge is -2.46. The molecule has 2 aliphatic heterocycles. The quantitative estimate of drug-likeness (QED) is 0.662. The molecule has 0 aromatic heterocycles. The van der Waals surface area contributed by atoms with Crippen molar-refractivity contribution in [3.05, 3.63) is 0 Å². The standard InChI is InChI=1S/C14H25F2NS2/c1-13(2)12-11(16)10(15)9-17(12)14(3,4)19-8-6-5-7-18-13/h10-12H,5-9H2,1-4H3/t10-,11+,12+/m1/s1. The summed E-state index contributed by atoms with van der Waals surface area (Å²) in [4.78, 5) is 1.89. The van der Waals surface area contributed by atoms with Gasteiger partial charge in [-0.05, 0) is 52.0 Å². The first-order chi connectivity index (χ1) is 8.76.